The highest BCUT2D eigenvalue weighted by molar-refractivity contribution is 6.36. The SMILES string of the molecule is CCC(=NC(CC=O)C(=O)O)C(=O)OC. The van der Waals surface area contributed by atoms with Gasteiger partial charge in [-0.05, 0) is 6.42 Å². The van der Waals surface area contributed by atoms with Crippen molar-refractivity contribution in [2.24, 2.45) is 4.99 Å². The number of hydrogen-bond donors (Lipinski definition) is 1. The van der Waals surface area contributed by atoms with E-state index in [-0.39, 0.29) is 18.6 Å². The molecule has 0 fully saturated rings. The number of nitrogens with zero attached hydrogens (tertiary/aromatic N) is 1. The zero-order valence-corrected chi connectivity index (χ0v) is 8.60. The van der Waals surface area contributed by atoms with Crippen molar-refractivity contribution in [1.82, 2.24) is 0 Å². The van der Waals surface area contributed by atoms with Crippen LogP contribution in [0.2, 0.25) is 0 Å². The normalized spacial score (nSPS) is 13.1. The van der Waals surface area contributed by atoms with E-state index in [0.717, 1.165) is 0 Å². The number of ether oxygens (including phenoxy) is 1. The molecule has 0 amide bonds. The van der Waals surface area contributed by atoms with Gasteiger partial charge in [0, 0.05) is 6.42 Å². The summed E-state index contributed by atoms with van der Waals surface area (Å²) in [5.74, 6) is -1.91. The van der Waals surface area contributed by atoms with Crippen LogP contribution in [0.3, 0.4) is 0 Å². The molecule has 6 heteroatoms. The minimum absolute atomic E-state index is 0.0201. The van der Waals surface area contributed by atoms with Crippen LogP contribution in [0, 0.1) is 0 Å². The Balaban J connectivity index is 4.82. The molecule has 0 aliphatic rings. The summed E-state index contributed by atoms with van der Waals surface area (Å²) in [7, 11) is 1.18. The molecule has 0 aromatic carbocycles. The third-order valence-electron chi connectivity index (χ3n) is 1.67. The first-order valence-corrected chi connectivity index (χ1v) is 4.38. The van der Waals surface area contributed by atoms with E-state index in [1.807, 2.05) is 0 Å². The van der Waals surface area contributed by atoms with Crippen molar-refractivity contribution in [3.63, 3.8) is 0 Å². The van der Waals surface area contributed by atoms with Crippen LogP contribution >= 0.6 is 0 Å². The lowest BCUT2D eigenvalue weighted by Crippen LogP contribution is -2.24. The summed E-state index contributed by atoms with van der Waals surface area (Å²) in [5.41, 5.74) is 0.0201. The second-order valence-electron chi connectivity index (χ2n) is 2.68. The molecule has 0 radical (unpaired) electrons. The second-order valence-corrected chi connectivity index (χ2v) is 2.68. The first kappa shape index (κ1) is 13.3. The topological polar surface area (TPSA) is 93.0 Å². The summed E-state index contributed by atoms with van der Waals surface area (Å²) in [5, 5.41) is 8.69. The smallest absolute Gasteiger partial charge is 0.351 e. The number of carbonyl (C=O) groups excluding carboxylic acids is 2. The van der Waals surface area contributed by atoms with Gasteiger partial charge in [0.05, 0.1) is 7.11 Å². The lowest BCUT2D eigenvalue weighted by molar-refractivity contribution is -0.139. The Morgan fingerprint density at radius 1 is 1.53 bits per heavy atom. The highest BCUT2D eigenvalue weighted by Gasteiger charge is 2.19. The minimum atomic E-state index is -1.24. The maximum atomic E-state index is 11.1. The Hall–Kier alpha value is -1.72. The second kappa shape index (κ2) is 6.69. The molecule has 15 heavy (non-hydrogen) atoms. The highest BCUT2D eigenvalue weighted by Crippen LogP contribution is 2.00. The summed E-state index contributed by atoms with van der Waals surface area (Å²) >= 11 is 0. The molecule has 0 heterocycles. The van der Waals surface area contributed by atoms with Crippen molar-refractivity contribution < 1.29 is 24.2 Å². The van der Waals surface area contributed by atoms with Crippen molar-refractivity contribution >= 4 is 23.9 Å². The Kier molecular flexibility index (Phi) is 5.92. The van der Waals surface area contributed by atoms with Gasteiger partial charge in [-0.3, -0.25) is 4.99 Å². The van der Waals surface area contributed by atoms with Gasteiger partial charge in [-0.25, -0.2) is 9.59 Å². The van der Waals surface area contributed by atoms with Gasteiger partial charge >= 0.3 is 11.9 Å². The van der Waals surface area contributed by atoms with Gasteiger partial charge in [-0.2, -0.15) is 0 Å². The highest BCUT2D eigenvalue weighted by atomic mass is 16.5. The van der Waals surface area contributed by atoms with Crippen molar-refractivity contribution in [1.29, 1.82) is 0 Å². The third kappa shape index (κ3) is 4.35. The minimum Gasteiger partial charge on any atom is -0.480 e. The molecule has 1 N–H and O–H groups in total. The zero-order chi connectivity index (χ0) is 11.8. The Bertz CT molecular complexity index is 284. The van der Waals surface area contributed by atoms with E-state index in [4.69, 9.17) is 5.11 Å². The molecule has 0 aromatic heterocycles. The van der Waals surface area contributed by atoms with Crippen molar-refractivity contribution in [3.8, 4) is 0 Å². The molecule has 0 aliphatic carbocycles. The third-order valence-corrected chi connectivity index (χ3v) is 1.67. The van der Waals surface area contributed by atoms with Crippen molar-refractivity contribution in [2.75, 3.05) is 7.11 Å². The number of aliphatic imine (C=N–C) groups is 1. The van der Waals surface area contributed by atoms with E-state index in [9.17, 15) is 14.4 Å². The van der Waals surface area contributed by atoms with Crippen molar-refractivity contribution in [2.45, 2.75) is 25.8 Å². The predicted octanol–water partition coefficient (Wildman–Crippen LogP) is 0.0526. The van der Waals surface area contributed by atoms with Gasteiger partial charge in [0.2, 0.25) is 0 Å². The predicted molar refractivity (Wildman–Crippen MR) is 51.8 cm³/mol. The van der Waals surface area contributed by atoms with E-state index in [0.29, 0.717) is 6.29 Å². The van der Waals surface area contributed by atoms with Gasteiger partial charge in [-0.15, -0.1) is 0 Å². The number of carboxylic acids is 1. The fraction of sp³-hybridized carbons (Fsp3) is 0.556. The lowest BCUT2D eigenvalue weighted by Gasteiger charge is -2.06. The van der Waals surface area contributed by atoms with Crippen LogP contribution < -0.4 is 0 Å². The molecule has 0 bridgehead atoms. The van der Waals surface area contributed by atoms with Gasteiger partial charge in [-0.1, -0.05) is 6.92 Å². The maximum absolute atomic E-state index is 11.1. The fourth-order valence-electron chi connectivity index (χ4n) is 0.894. The largest absolute Gasteiger partial charge is 0.480 e. The number of carbonyl (C=O) groups is 3. The van der Waals surface area contributed by atoms with Crippen LogP contribution in [0.25, 0.3) is 0 Å². The molecule has 1 atom stereocenters. The lowest BCUT2D eigenvalue weighted by atomic mass is 10.2. The molecule has 0 rings (SSSR count). The average Bonchev–Trinajstić information content (AvgIpc) is 2.22. The number of carboxylic acid groups (broad SMARTS) is 1. The standard InChI is InChI=1S/C9H13NO5/c1-3-6(9(14)15-2)10-7(4-5-11)8(12)13/h5,7H,3-4H2,1-2H3,(H,12,13). The van der Waals surface area contributed by atoms with Gasteiger partial charge in [0.15, 0.2) is 6.04 Å². The number of methoxy groups -OCH3 is 1. The molecule has 0 saturated carbocycles. The quantitative estimate of drug-likeness (QED) is 0.384. The molecule has 0 aliphatic heterocycles. The van der Waals surface area contributed by atoms with Crippen LogP contribution in [0.5, 0.6) is 0 Å². The van der Waals surface area contributed by atoms with Gasteiger partial charge in [0.25, 0.3) is 0 Å². The molecule has 0 aromatic rings. The average molecular weight is 215 g/mol. The summed E-state index contributed by atoms with van der Waals surface area (Å²) in [6.45, 7) is 1.65. The van der Waals surface area contributed by atoms with E-state index >= 15 is 0 Å². The number of aliphatic carboxylic acids is 1. The molecule has 0 spiro atoms. The molecule has 6 nitrogen and oxygen atoms in total. The molecular weight excluding hydrogens is 202 g/mol. The number of rotatable bonds is 6. The summed E-state index contributed by atoms with van der Waals surface area (Å²) < 4.78 is 4.41. The maximum Gasteiger partial charge on any atom is 0.351 e. The van der Waals surface area contributed by atoms with E-state index in [1.54, 1.807) is 6.92 Å². The van der Waals surface area contributed by atoms with Crippen LogP contribution in [0.4, 0.5) is 0 Å². The number of hydrogen-bond acceptors (Lipinski definition) is 5. The van der Waals surface area contributed by atoms with Crippen LogP contribution in [-0.2, 0) is 19.1 Å². The number of aldehydes is 1. The molecule has 0 saturated heterocycles. The van der Waals surface area contributed by atoms with Crippen LogP contribution in [-0.4, -0.2) is 42.2 Å². The van der Waals surface area contributed by atoms with E-state index < -0.39 is 18.0 Å². The first-order chi connectivity index (χ1) is 7.06. The Morgan fingerprint density at radius 3 is 2.47 bits per heavy atom. The Labute approximate surface area is 86.9 Å². The first-order valence-electron chi connectivity index (χ1n) is 4.38. The van der Waals surface area contributed by atoms with Crippen LogP contribution in [0.15, 0.2) is 4.99 Å². The van der Waals surface area contributed by atoms with Gasteiger partial charge < -0.3 is 14.6 Å². The zero-order valence-electron chi connectivity index (χ0n) is 8.60. The van der Waals surface area contributed by atoms with E-state index in [2.05, 4.69) is 9.73 Å². The molecular formula is C9H13NO5. The number of esters is 1. The monoisotopic (exact) mass is 215 g/mol. The summed E-state index contributed by atoms with van der Waals surface area (Å²) in [4.78, 5) is 35.6. The fourth-order valence-corrected chi connectivity index (χ4v) is 0.894. The van der Waals surface area contributed by atoms with E-state index in [1.165, 1.54) is 7.11 Å². The summed E-state index contributed by atoms with van der Waals surface area (Å²) in [6, 6.07) is -1.21. The Morgan fingerprint density at radius 2 is 2.13 bits per heavy atom. The van der Waals surface area contributed by atoms with Crippen molar-refractivity contribution in [3.05, 3.63) is 0 Å². The van der Waals surface area contributed by atoms with Gasteiger partial charge in [0.1, 0.15) is 12.0 Å². The molecule has 1 unspecified atom stereocenters. The molecule has 84 valence electrons. The van der Waals surface area contributed by atoms with Crippen LogP contribution in [0.1, 0.15) is 19.8 Å². The summed E-state index contributed by atoms with van der Waals surface area (Å²) in [6.07, 6.45) is 0.456.